The van der Waals surface area contributed by atoms with Gasteiger partial charge in [-0.3, -0.25) is 14.9 Å². The summed E-state index contributed by atoms with van der Waals surface area (Å²) >= 11 is 0. The number of aldehydes is 1. The summed E-state index contributed by atoms with van der Waals surface area (Å²) in [7, 11) is 0. The highest BCUT2D eigenvalue weighted by molar-refractivity contribution is 5.79. The van der Waals surface area contributed by atoms with Crippen molar-refractivity contribution in [2.24, 2.45) is 0 Å². The number of carbonyl (C=O) groups excluding carboxylic acids is 1. The van der Waals surface area contributed by atoms with Crippen LogP contribution in [-0.4, -0.2) is 37.0 Å². The molecule has 0 spiro atoms. The molecule has 1 atom stereocenters. The quantitative estimate of drug-likeness (QED) is 0.463. The fourth-order valence-corrected chi connectivity index (χ4v) is 2.06. The van der Waals surface area contributed by atoms with Crippen LogP contribution in [0.5, 0.6) is 0 Å². The summed E-state index contributed by atoms with van der Waals surface area (Å²) in [6.45, 7) is 3.71. The zero-order valence-corrected chi connectivity index (χ0v) is 10.0. The Bertz CT molecular complexity index is 475. The molecule has 1 saturated heterocycles. The maximum absolute atomic E-state index is 11.0. The molecule has 96 valence electrons. The van der Waals surface area contributed by atoms with Gasteiger partial charge in [-0.15, -0.1) is 0 Å². The van der Waals surface area contributed by atoms with Crippen LogP contribution in [0.3, 0.4) is 0 Å². The first kappa shape index (κ1) is 12.5. The van der Waals surface area contributed by atoms with Crippen molar-refractivity contribution < 1.29 is 14.5 Å². The van der Waals surface area contributed by atoms with Gasteiger partial charge in [-0.05, 0) is 19.1 Å². The molecular formula is C12H14N2O4. The second-order valence-electron chi connectivity index (χ2n) is 4.25. The molecule has 0 saturated carbocycles. The zero-order valence-electron chi connectivity index (χ0n) is 10.0. The van der Waals surface area contributed by atoms with Crippen LogP contribution in [0.15, 0.2) is 18.2 Å². The van der Waals surface area contributed by atoms with Crippen LogP contribution in [0.1, 0.15) is 17.3 Å². The number of ether oxygens (including phenoxy) is 1. The summed E-state index contributed by atoms with van der Waals surface area (Å²) in [6, 6.07) is 4.53. The van der Waals surface area contributed by atoms with E-state index < -0.39 is 4.92 Å². The molecule has 1 aliphatic rings. The van der Waals surface area contributed by atoms with Crippen molar-refractivity contribution in [2.45, 2.75) is 13.0 Å². The van der Waals surface area contributed by atoms with E-state index in [1.165, 1.54) is 6.07 Å². The molecule has 0 unspecified atom stereocenters. The maximum Gasteiger partial charge on any atom is 0.293 e. The lowest BCUT2D eigenvalue weighted by Crippen LogP contribution is -2.41. The molecule has 1 aromatic carbocycles. The first-order valence-corrected chi connectivity index (χ1v) is 5.72. The number of anilines is 1. The topological polar surface area (TPSA) is 72.7 Å². The van der Waals surface area contributed by atoms with Gasteiger partial charge in [-0.2, -0.15) is 0 Å². The molecule has 0 aliphatic carbocycles. The Labute approximate surface area is 104 Å². The van der Waals surface area contributed by atoms with E-state index in [1.807, 2.05) is 11.8 Å². The summed E-state index contributed by atoms with van der Waals surface area (Å²) in [5, 5.41) is 11.0. The normalized spacial score (nSPS) is 19.6. The Morgan fingerprint density at radius 2 is 2.33 bits per heavy atom. The molecule has 1 aromatic rings. The van der Waals surface area contributed by atoms with Gasteiger partial charge in [0.05, 0.1) is 17.6 Å². The molecule has 6 nitrogen and oxygen atoms in total. The van der Waals surface area contributed by atoms with Crippen LogP contribution in [0.25, 0.3) is 0 Å². The van der Waals surface area contributed by atoms with Crippen LogP contribution in [-0.2, 0) is 4.74 Å². The van der Waals surface area contributed by atoms with Gasteiger partial charge in [-0.1, -0.05) is 0 Å². The van der Waals surface area contributed by atoms with Gasteiger partial charge < -0.3 is 9.64 Å². The molecule has 0 radical (unpaired) electrons. The number of morpholine rings is 1. The van der Waals surface area contributed by atoms with E-state index in [-0.39, 0.29) is 11.8 Å². The molecule has 0 amide bonds. The summed E-state index contributed by atoms with van der Waals surface area (Å²) in [5.41, 5.74) is 0.821. The first-order valence-electron chi connectivity index (χ1n) is 5.72. The Kier molecular flexibility index (Phi) is 3.57. The molecule has 1 fully saturated rings. The number of benzene rings is 1. The predicted octanol–water partition coefficient (Wildman–Crippen LogP) is 1.63. The van der Waals surface area contributed by atoms with Crippen molar-refractivity contribution in [3.63, 3.8) is 0 Å². The average molecular weight is 250 g/mol. The number of nitro benzene ring substituents is 1. The first-order chi connectivity index (χ1) is 8.61. The fourth-order valence-electron chi connectivity index (χ4n) is 2.06. The molecule has 6 heteroatoms. The van der Waals surface area contributed by atoms with Crippen molar-refractivity contribution in [1.29, 1.82) is 0 Å². The minimum atomic E-state index is -0.456. The van der Waals surface area contributed by atoms with Crippen LogP contribution in [0.2, 0.25) is 0 Å². The molecule has 1 aliphatic heterocycles. The van der Waals surface area contributed by atoms with Crippen molar-refractivity contribution in [2.75, 3.05) is 24.6 Å². The standard InChI is InChI=1S/C12H14N2O4/c1-9-7-13(4-5-18-9)11-3-2-10(8-15)6-12(11)14(16)17/h2-3,6,8-9H,4-5,7H2,1H3/t9-/m1/s1. The molecule has 18 heavy (non-hydrogen) atoms. The van der Waals surface area contributed by atoms with E-state index >= 15 is 0 Å². The third-order valence-corrected chi connectivity index (χ3v) is 2.91. The summed E-state index contributed by atoms with van der Waals surface area (Å²) < 4.78 is 5.41. The summed E-state index contributed by atoms with van der Waals surface area (Å²) in [6.07, 6.45) is 0.655. The van der Waals surface area contributed by atoms with E-state index in [1.54, 1.807) is 12.1 Å². The number of carbonyl (C=O) groups is 1. The second kappa shape index (κ2) is 5.14. The lowest BCUT2D eigenvalue weighted by Gasteiger charge is -2.32. The second-order valence-corrected chi connectivity index (χ2v) is 4.25. The monoisotopic (exact) mass is 250 g/mol. The van der Waals surface area contributed by atoms with Gasteiger partial charge in [0.15, 0.2) is 0 Å². The van der Waals surface area contributed by atoms with Crippen LogP contribution in [0, 0.1) is 10.1 Å². The fraction of sp³-hybridized carbons (Fsp3) is 0.417. The van der Waals surface area contributed by atoms with Crippen molar-refractivity contribution in [1.82, 2.24) is 0 Å². The van der Waals surface area contributed by atoms with E-state index in [2.05, 4.69) is 0 Å². The minimum absolute atomic E-state index is 0.0336. The van der Waals surface area contributed by atoms with Crippen molar-refractivity contribution in [3.8, 4) is 0 Å². The lowest BCUT2D eigenvalue weighted by molar-refractivity contribution is -0.384. The van der Waals surface area contributed by atoms with Gasteiger partial charge in [0.1, 0.15) is 12.0 Å². The van der Waals surface area contributed by atoms with Gasteiger partial charge in [-0.25, -0.2) is 0 Å². The van der Waals surface area contributed by atoms with Gasteiger partial charge in [0, 0.05) is 24.7 Å². The largest absolute Gasteiger partial charge is 0.375 e. The van der Waals surface area contributed by atoms with Crippen LogP contribution in [0.4, 0.5) is 11.4 Å². The van der Waals surface area contributed by atoms with Crippen LogP contribution >= 0.6 is 0 Å². The third kappa shape index (κ3) is 2.48. The van der Waals surface area contributed by atoms with Gasteiger partial charge >= 0.3 is 0 Å². The molecule has 0 bridgehead atoms. The van der Waals surface area contributed by atoms with Crippen LogP contribution < -0.4 is 4.90 Å². The highest BCUT2D eigenvalue weighted by atomic mass is 16.6. The number of rotatable bonds is 3. The van der Waals surface area contributed by atoms with E-state index in [0.717, 1.165) is 0 Å². The molecule has 0 N–H and O–H groups in total. The Morgan fingerprint density at radius 1 is 1.56 bits per heavy atom. The number of hydrogen-bond acceptors (Lipinski definition) is 5. The lowest BCUT2D eigenvalue weighted by atomic mass is 10.1. The third-order valence-electron chi connectivity index (χ3n) is 2.91. The molecular weight excluding hydrogens is 236 g/mol. The SMILES string of the molecule is C[C@@H]1CN(c2ccc(C=O)cc2[N+](=O)[O-])CCO1. The Balaban J connectivity index is 2.36. The Morgan fingerprint density at radius 3 is 2.94 bits per heavy atom. The Hall–Kier alpha value is -1.95. The molecule has 0 aromatic heterocycles. The smallest absolute Gasteiger partial charge is 0.293 e. The highest BCUT2D eigenvalue weighted by Crippen LogP contribution is 2.30. The number of hydrogen-bond donors (Lipinski definition) is 0. The van der Waals surface area contributed by atoms with E-state index in [9.17, 15) is 14.9 Å². The van der Waals surface area contributed by atoms with E-state index in [4.69, 9.17) is 4.74 Å². The minimum Gasteiger partial charge on any atom is -0.375 e. The number of nitro groups is 1. The predicted molar refractivity (Wildman–Crippen MR) is 66.1 cm³/mol. The highest BCUT2D eigenvalue weighted by Gasteiger charge is 2.24. The summed E-state index contributed by atoms with van der Waals surface area (Å²) in [4.78, 5) is 23.2. The zero-order chi connectivity index (χ0) is 13.1. The molecule has 2 rings (SSSR count). The average Bonchev–Trinajstić information content (AvgIpc) is 2.38. The maximum atomic E-state index is 11.0. The van der Waals surface area contributed by atoms with Crippen molar-refractivity contribution >= 4 is 17.7 Å². The van der Waals surface area contributed by atoms with Gasteiger partial charge in [0.25, 0.3) is 5.69 Å². The number of nitrogens with zero attached hydrogens (tertiary/aromatic N) is 2. The summed E-state index contributed by atoms with van der Waals surface area (Å²) in [5.74, 6) is 0. The van der Waals surface area contributed by atoms with Gasteiger partial charge in [0.2, 0.25) is 0 Å². The van der Waals surface area contributed by atoms with E-state index in [0.29, 0.717) is 37.2 Å². The molecule has 1 heterocycles. The van der Waals surface area contributed by atoms with Crippen molar-refractivity contribution in [3.05, 3.63) is 33.9 Å².